The molecule has 8 atom stereocenters. The highest BCUT2D eigenvalue weighted by Gasteiger charge is 2.69. The van der Waals surface area contributed by atoms with Crippen LogP contribution in [0.4, 0.5) is 0 Å². The van der Waals surface area contributed by atoms with E-state index in [2.05, 4.69) is 39.9 Å². The van der Waals surface area contributed by atoms with Crippen LogP contribution in [-0.2, 0) is 30.5 Å². The first kappa shape index (κ1) is 38.2. The number of fused-ring (bicyclic) bond motifs is 7. The number of esters is 1. The van der Waals surface area contributed by atoms with Crippen molar-refractivity contribution in [3.05, 3.63) is 46.0 Å². The van der Waals surface area contributed by atoms with Gasteiger partial charge in [0.2, 0.25) is 0 Å². The first-order valence-corrected chi connectivity index (χ1v) is 19.9. The fourth-order valence-electron chi connectivity index (χ4n) is 12.4. The van der Waals surface area contributed by atoms with Crippen molar-refractivity contribution in [2.75, 3.05) is 6.54 Å². The van der Waals surface area contributed by atoms with Gasteiger partial charge in [0.15, 0.2) is 11.6 Å². The lowest BCUT2D eigenvalue weighted by molar-refractivity contribution is -0.203. The van der Waals surface area contributed by atoms with Crippen molar-refractivity contribution in [3.63, 3.8) is 0 Å². The maximum Gasteiger partial charge on any atom is 0.306 e. The van der Waals surface area contributed by atoms with Crippen LogP contribution in [0, 0.1) is 50.7 Å². The highest BCUT2D eigenvalue weighted by atomic mass is 35.5. The Hall–Kier alpha value is -2.51. The van der Waals surface area contributed by atoms with E-state index in [0.717, 1.165) is 68.9 Å². The zero-order valence-electron chi connectivity index (χ0n) is 32.0. The average Bonchev–Trinajstić information content (AvgIpc) is 3.35. The second-order valence-corrected chi connectivity index (χ2v) is 19.3. The number of rotatable bonds is 11. The van der Waals surface area contributed by atoms with E-state index in [1.807, 2.05) is 38.1 Å². The number of hydrogen-bond acceptors (Lipinski definition) is 6. The van der Waals surface area contributed by atoms with Crippen LogP contribution in [0.1, 0.15) is 131 Å². The summed E-state index contributed by atoms with van der Waals surface area (Å²) in [4.78, 5) is 52.6. The molecule has 5 aliphatic carbocycles. The summed E-state index contributed by atoms with van der Waals surface area (Å²) < 4.78 is 6.04. The number of benzene rings is 1. The Morgan fingerprint density at radius 3 is 2.33 bits per heavy atom. The Morgan fingerprint density at radius 1 is 0.961 bits per heavy atom. The van der Waals surface area contributed by atoms with Gasteiger partial charge in [-0.15, -0.1) is 0 Å². The molecule has 4 saturated carbocycles. The summed E-state index contributed by atoms with van der Waals surface area (Å²) in [5.74, 6) is 0.427. The van der Waals surface area contributed by atoms with E-state index in [4.69, 9.17) is 16.3 Å². The summed E-state index contributed by atoms with van der Waals surface area (Å²) in [6.45, 7) is 16.2. The second-order valence-electron chi connectivity index (χ2n) is 18.9. The lowest BCUT2D eigenvalue weighted by Crippen LogP contribution is -2.63. The van der Waals surface area contributed by atoms with Gasteiger partial charge in [-0.05, 0) is 132 Å². The van der Waals surface area contributed by atoms with E-state index in [0.29, 0.717) is 29.8 Å². The van der Waals surface area contributed by atoms with E-state index in [1.54, 1.807) is 0 Å². The minimum absolute atomic E-state index is 0.0243. The Bertz CT molecular complexity index is 1600. The van der Waals surface area contributed by atoms with Crippen molar-refractivity contribution in [3.8, 4) is 0 Å². The third-order valence-corrected chi connectivity index (χ3v) is 15.3. The van der Waals surface area contributed by atoms with Crippen molar-refractivity contribution in [1.82, 2.24) is 5.32 Å². The smallest absolute Gasteiger partial charge is 0.306 e. The Morgan fingerprint density at radius 2 is 1.67 bits per heavy atom. The Balaban J connectivity index is 1.20. The maximum absolute atomic E-state index is 14.4. The Labute approximate surface area is 310 Å². The van der Waals surface area contributed by atoms with Gasteiger partial charge >= 0.3 is 11.9 Å². The molecule has 0 amide bonds. The van der Waals surface area contributed by atoms with Gasteiger partial charge < -0.3 is 15.2 Å². The third-order valence-electron chi connectivity index (χ3n) is 15.1. The fraction of sp³-hybridized carbons (Fsp3) is 0.721. The summed E-state index contributed by atoms with van der Waals surface area (Å²) in [6.07, 6.45) is 8.90. The quantitative estimate of drug-likeness (QED) is 0.219. The second kappa shape index (κ2) is 13.7. The monoisotopic (exact) mass is 721 g/mol. The number of halogens is 1. The number of carbonyl (C=O) groups is 4. The minimum Gasteiger partial charge on any atom is -0.481 e. The van der Waals surface area contributed by atoms with E-state index < -0.39 is 16.8 Å². The minimum atomic E-state index is -0.899. The lowest BCUT2D eigenvalue weighted by Gasteiger charge is -2.70. The molecule has 4 fully saturated rings. The van der Waals surface area contributed by atoms with Gasteiger partial charge in [-0.25, -0.2) is 0 Å². The standard InChI is InChI=1S/C43H60ClNO6/c1-26(2)37-32(46)21-43(34(47)25-45-24-27-8-10-29(44)11-9-27)19-18-41(6)31(38(37)43)12-13-33-40(5)16-15-30(20-28(40)14-17-42(33,41)7)51-36(50)23-39(3,4)22-35(48)49/h8-11,26,28,30-31,33,45H,12-25H2,1-7H3,(H,48,49)/t28?,30?,31?,33?,40?,41-,42?,43?/m1/s1. The first-order chi connectivity index (χ1) is 23.8. The molecular weight excluding hydrogens is 662 g/mol. The zero-order chi connectivity index (χ0) is 37.1. The summed E-state index contributed by atoms with van der Waals surface area (Å²) in [5.41, 5.74) is 2.03. The van der Waals surface area contributed by atoms with Crippen molar-refractivity contribution < 1.29 is 29.0 Å². The molecule has 0 bridgehead atoms. The van der Waals surface area contributed by atoms with Crippen molar-refractivity contribution in [2.24, 2.45) is 50.7 Å². The number of allylic oxidation sites excluding steroid dienone is 2. The number of carboxylic acid groups (broad SMARTS) is 1. The zero-order valence-corrected chi connectivity index (χ0v) is 32.7. The van der Waals surface area contributed by atoms with Gasteiger partial charge in [-0.1, -0.05) is 72.2 Å². The molecule has 0 heterocycles. The molecule has 6 rings (SSSR count). The van der Waals surface area contributed by atoms with E-state index in [-0.39, 0.29) is 71.1 Å². The van der Waals surface area contributed by atoms with Crippen molar-refractivity contribution in [1.29, 1.82) is 0 Å². The number of Topliss-reactive ketones (excluding diaryl/α,β-unsaturated/α-hetero) is 2. The molecule has 0 saturated heterocycles. The summed E-state index contributed by atoms with van der Waals surface area (Å²) >= 11 is 6.08. The SMILES string of the molecule is CC(C)C1=C2C3CCC4C5(C)CCC(OC(=O)CC(C)(C)CC(=O)O)CC5CCC4(C)[C@]3(C)CCC2(C(=O)CNCc2ccc(Cl)cc2)CC1=O. The molecule has 7 unspecified atom stereocenters. The van der Waals surface area contributed by atoms with Crippen LogP contribution < -0.4 is 5.32 Å². The molecule has 0 aromatic heterocycles. The third kappa shape index (κ3) is 6.66. The molecule has 2 N–H and O–H groups in total. The number of carbonyl (C=O) groups excluding carboxylic acids is 3. The molecule has 1 aromatic rings. The van der Waals surface area contributed by atoms with Crippen LogP contribution in [0.5, 0.6) is 0 Å². The summed E-state index contributed by atoms with van der Waals surface area (Å²) in [6, 6.07) is 7.69. The number of hydrogen-bond donors (Lipinski definition) is 2. The number of nitrogens with one attached hydrogen (secondary N) is 1. The van der Waals surface area contributed by atoms with Crippen LogP contribution in [0.25, 0.3) is 0 Å². The molecule has 51 heavy (non-hydrogen) atoms. The number of ketones is 2. The predicted molar refractivity (Wildman–Crippen MR) is 199 cm³/mol. The van der Waals surface area contributed by atoms with Crippen molar-refractivity contribution in [2.45, 2.75) is 138 Å². The summed E-state index contributed by atoms with van der Waals surface area (Å²) in [7, 11) is 0. The van der Waals surface area contributed by atoms with E-state index >= 15 is 0 Å². The van der Waals surface area contributed by atoms with E-state index in [1.165, 1.54) is 5.57 Å². The van der Waals surface area contributed by atoms with Gasteiger partial charge in [0, 0.05) is 18.0 Å². The van der Waals surface area contributed by atoms with Crippen molar-refractivity contribution >= 4 is 35.1 Å². The molecule has 0 radical (unpaired) electrons. The maximum atomic E-state index is 14.4. The number of carboxylic acids is 1. The highest BCUT2D eigenvalue weighted by Crippen LogP contribution is 2.75. The van der Waals surface area contributed by atoms with Gasteiger partial charge in [0.25, 0.3) is 0 Å². The first-order valence-electron chi connectivity index (χ1n) is 19.5. The van der Waals surface area contributed by atoms with Crippen LogP contribution in [0.2, 0.25) is 5.02 Å². The van der Waals surface area contributed by atoms with Crippen LogP contribution in [-0.4, -0.2) is 41.3 Å². The molecule has 1 aromatic carbocycles. The normalized spacial score (nSPS) is 36.2. The van der Waals surface area contributed by atoms with Gasteiger partial charge in [0.05, 0.1) is 24.8 Å². The predicted octanol–water partition coefficient (Wildman–Crippen LogP) is 9.15. The molecule has 280 valence electrons. The molecule has 8 heteroatoms. The van der Waals surface area contributed by atoms with Crippen LogP contribution in [0.3, 0.4) is 0 Å². The van der Waals surface area contributed by atoms with E-state index in [9.17, 15) is 24.3 Å². The summed E-state index contributed by atoms with van der Waals surface area (Å²) in [5, 5.41) is 13.4. The van der Waals surface area contributed by atoms with Gasteiger partial charge in [-0.3, -0.25) is 19.2 Å². The average molecular weight is 722 g/mol. The fourth-order valence-corrected chi connectivity index (χ4v) is 12.5. The molecular formula is C43H60ClNO6. The highest BCUT2D eigenvalue weighted by molar-refractivity contribution is 6.30. The molecule has 0 spiro atoms. The van der Waals surface area contributed by atoms with Crippen LogP contribution in [0.15, 0.2) is 35.4 Å². The largest absolute Gasteiger partial charge is 0.481 e. The number of ether oxygens (including phenoxy) is 1. The molecule has 5 aliphatic rings. The van der Waals surface area contributed by atoms with Gasteiger partial charge in [-0.2, -0.15) is 0 Å². The molecule has 7 nitrogen and oxygen atoms in total. The van der Waals surface area contributed by atoms with Gasteiger partial charge in [0.1, 0.15) is 6.10 Å². The number of aliphatic carboxylic acids is 1. The molecule has 0 aliphatic heterocycles. The van der Waals surface area contributed by atoms with Crippen LogP contribution >= 0.6 is 11.6 Å². The topological polar surface area (TPSA) is 110 Å². The lowest BCUT2D eigenvalue weighted by atomic mass is 9.34. The Kier molecular flexibility index (Phi) is 10.3.